The molecule has 2 aromatic heterocycles. The van der Waals surface area contributed by atoms with Crippen LogP contribution in [-0.4, -0.2) is 39.7 Å². The van der Waals surface area contributed by atoms with E-state index in [-0.39, 0.29) is 11.9 Å². The first-order valence-electron chi connectivity index (χ1n) is 10.5. The fourth-order valence-electron chi connectivity index (χ4n) is 3.52. The molecule has 0 fully saturated rings. The Morgan fingerprint density at radius 1 is 1.09 bits per heavy atom. The number of benzene rings is 2. The summed E-state index contributed by atoms with van der Waals surface area (Å²) in [6, 6.07) is 19.5. The van der Waals surface area contributed by atoms with Gasteiger partial charge in [0.1, 0.15) is 29.9 Å². The zero-order chi connectivity index (χ0) is 22.5. The second-order valence-corrected chi connectivity index (χ2v) is 7.61. The van der Waals surface area contributed by atoms with Crippen molar-refractivity contribution in [2.45, 2.75) is 25.8 Å². The van der Waals surface area contributed by atoms with Crippen molar-refractivity contribution in [3.63, 3.8) is 0 Å². The molecule has 1 atom stereocenters. The molecule has 0 saturated carbocycles. The van der Waals surface area contributed by atoms with Crippen LogP contribution in [0, 0.1) is 0 Å². The molecule has 0 N–H and O–H groups in total. The molecule has 0 radical (unpaired) electrons. The molecule has 2 aromatic carbocycles. The van der Waals surface area contributed by atoms with Gasteiger partial charge in [-0.3, -0.25) is 4.79 Å². The Labute approximate surface area is 187 Å². The average Bonchev–Trinajstić information content (AvgIpc) is 3.54. The summed E-state index contributed by atoms with van der Waals surface area (Å²) in [5.74, 6) is 2.45. The van der Waals surface area contributed by atoms with Crippen LogP contribution in [0.4, 0.5) is 0 Å². The molecule has 164 valence electrons. The monoisotopic (exact) mass is 430 g/mol. The van der Waals surface area contributed by atoms with E-state index in [2.05, 4.69) is 10.1 Å². The Morgan fingerprint density at radius 2 is 1.84 bits per heavy atom. The zero-order valence-electron chi connectivity index (χ0n) is 18.4. The van der Waals surface area contributed by atoms with E-state index in [9.17, 15) is 4.79 Å². The van der Waals surface area contributed by atoms with Crippen molar-refractivity contribution < 1.29 is 13.9 Å². The minimum Gasteiger partial charge on any atom is -0.497 e. The highest BCUT2D eigenvalue weighted by molar-refractivity contribution is 5.76. The first kappa shape index (κ1) is 21.4. The number of carbonyl (C=O) groups excluding carboxylic acids is 1. The standard InChI is InChI=1S/C25H26N4O3/c1-18(19-4-8-21(9-5-19)29-17-26-16-27-29)28(2)25(30)15-13-23-12-14-24(32-23)20-6-10-22(31-3)11-7-20/h4-12,14,16-18H,13,15H2,1-3H3. The minimum atomic E-state index is -0.0428. The summed E-state index contributed by atoms with van der Waals surface area (Å²) in [6.45, 7) is 2.02. The molecule has 1 unspecified atom stereocenters. The Morgan fingerprint density at radius 3 is 2.50 bits per heavy atom. The highest BCUT2D eigenvalue weighted by atomic mass is 16.5. The van der Waals surface area contributed by atoms with E-state index < -0.39 is 0 Å². The highest BCUT2D eigenvalue weighted by Crippen LogP contribution is 2.26. The fourth-order valence-corrected chi connectivity index (χ4v) is 3.52. The van der Waals surface area contributed by atoms with Crippen molar-refractivity contribution in [1.82, 2.24) is 19.7 Å². The number of hydrogen-bond donors (Lipinski definition) is 0. The average molecular weight is 431 g/mol. The summed E-state index contributed by atoms with van der Waals surface area (Å²) >= 11 is 0. The lowest BCUT2D eigenvalue weighted by atomic mass is 10.1. The summed E-state index contributed by atoms with van der Waals surface area (Å²) in [5.41, 5.74) is 2.96. The van der Waals surface area contributed by atoms with Crippen molar-refractivity contribution >= 4 is 5.91 Å². The molecule has 32 heavy (non-hydrogen) atoms. The van der Waals surface area contributed by atoms with Gasteiger partial charge >= 0.3 is 0 Å². The molecule has 7 nitrogen and oxygen atoms in total. The third kappa shape index (κ3) is 4.72. The number of nitrogens with zero attached hydrogens (tertiary/aromatic N) is 4. The van der Waals surface area contributed by atoms with Crippen LogP contribution in [-0.2, 0) is 11.2 Å². The molecule has 7 heteroatoms. The van der Waals surface area contributed by atoms with Gasteiger partial charge in [-0.2, -0.15) is 5.10 Å². The lowest BCUT2D eigenvalue weighted by Crippen LogP contribution is -2.29. The first-order chi connectivity index (χ1) is 15.5. The van der Waals surface area contributed by atoms with Gasteiger partial charge in [-0.15, -0.1) is 0 Å². The predicted octanol–water partition coefficient (Wildman–Crippen LogP) is 4.69. The molecule has 0 aliphatic rings. The molecular weight excluding hydrogens is 404 g/mol. The fraction of sp³-hybridized carbons (Fsp3) is 0.240. The van der Waals surface area contributed by atoms with E-state index in [1.807, 2.05) is 74.6 Å². The van der Waals surface area contributed by atoms with Crippen molar-refractivity contribution in [2.75, 3.05) is 14.2 Å². The Balaban J connectivity index is 1.34. The van der Waals surface area contributed by atoms with E-state index in [4.69, 9.17) is 9.15 Å². The zero-order valence-corrected chi connectivity index (χ0v) is 18.4. The van der Waals surface area contributed by atoms with E-state index in [0.717, 1.165) is 34.1 Å². The summed E-state index contributed by atoms with van der Waals surface area (Å²) in [7, 11) is 3.48. The maximum atomic E-state index is 12.8. The van der Waals surface area contributed by atoms with Crippen LogP contribution in [0.15, 0.2) is 77.7 Å². The summed E-state index contributed by atoms with van der Waals surface area (Å²) in [5, 5.41) is 4.13. The summed E-state index contributed by atoms with van der Waals surface area (Å²) in [4.78, 5) is 18.5. The number of methoxy groups -OCH3 is 1. The third-order valence-electron chi connectivity index (χ3n) is 5.65. The smallest absolute Gasteiger partial charge is 0.223 e. The maximum Gasteiger partial charge on any atom is 0.223 e. The van der Waals surface area contributed by atoms with Gasteiger partial charge in [0.05, 0.1) is 18.8 Å². The number of hydrogen-bond acceptors (Lipinski definition) is 5. The van der Waals surface area contributed by atoms with Crippen molar-refractivity contribution in [3.8, 4) is 22.8 Å². The minimum absolute atomic E-state index is 0.0428. The van der Waals surface area contributed by atoms with Crippen LogP contribution >= 0.6 is 0 Å². The number of aryl methyl sites for hydroxylation is 1. The molecule has 4 aromatic rings. The highest BCUT2D eigenvalue weighted by Gasteiger charge is 2.18. The molecule has 0 bridgehead atoms. The molecule has 0 aliphatic carbocycles. The number of aromatic nitrogens is 3. The molecule has 2 heterocycles. The normalized spacial score (nSPS) is 11.8. The second-order valence-electron chi connectivity index (χ2n) is 7.61. The van der Waals surface area contributed by atoms with E-state index in [1.54, 1.807) is 23.0 Å². The van der Waals surface area contributed by atoms with Gasteiger partial charge < -0.3 is 14.1 Å². The van der Waals surface area contributed by atoms with Crippen LogP contribution in [0.5, 0.6) is 5.75 Å². The molecule has 0 saturated heterocycles. The van der Waals surface area contributed by atoms with Gasteiger partial charge in [-0.05, 0) is 61.0 Å². The van der Waals surface area contributed by atoms with Gasteiger partial charge in [-0.1, -0.05) is 12.1 Å². The maximum absolute atomic E-state index is 12.8. The number of rotatable bonds is 8. The van der Waals surface area contributed by atoms with Crippen LogP contribution in [0.3, 0.4) is 0 Å². The van der Waals surface area contributed by atoms with E-state index in [1.165, 1.54) is 6.33 Å². The molecular formula is C25H26N4O3. The Hall–Kier alpha value is -3.87. The van der Waals surface area contributed by atoms with Crippen molar-refractivity contribution in [1.29, 1.82) is 0 Å². The van der Waals surface area contributed by atoms with Gasteiger partial charge in [0, 0.05) is 25.5 Å². The van der Waals surface area contributed by atoms with Gasteiger partial charge in [0.25, 0.3) is 0 Å². The van der Waals surface area contributed by atoms with Gasteiger partial charge in [-0.25, -0.2) is 9.67 Å². The van der Waals surface area contributed by atoms with Crippen LogP contribution in [0.25, 0.3) is 17.0 Å². The van der Waals surface area contributed by atoms with Crippen LogP contribution < -0.4 is 4.74 Å². The molecule has 1 amide bonds. The van der Waals surface area contributed by atoms with Crippen LogP contribution in [0.1, 0.15) is 30.7 Å². The van der Waals surface area contributed by atoms with E-state index >= 15 is 0 Å². The quantitative estimate of drug-likeness (QED) is 0.406. The van der Waals surface area contributed by atoms with Crippen LogP contribution in [0.2, 0.25) is 0 Å². The Kier molecular flexibility index (Phi) is 6.35. The topological polar surface area (TPSA) is 73.4 Å². The second kappa shape index (κ2) is 9.51. The lowest BCUT2D eigenvalue weighted by Gasteiger charge is -2.25. The number of carbonyl (C=O) groups is 1. The molecule has 0 aliphatic heterocycles. The SMILES string of the molecule is COc1ccc(-c2ccc(CCC(=O)N(C)C(C)c3ccc(-n4cncn4)cc3)o2)cc1. The lowest BCUT2D eigenvalue weighted by molar-refractivity contribution is -0.131. The largest absolute Gasteiger partial charge is 0.497 e. The third-order valence-corrected chi connectivity index (χ3v) is 5.65. The molecule has 4 rings (SSSR count). The number of ether oxygens (including phenoxy) is 1. The number of furan rings is 1. The summed E-state index contributed by atoms with van der Waals surface area (Å²) < 4.78 is 12.8. The first-order valence-corrected chi connectivity index (χ1v) is 10.5. The van der Waals surface area contributed by atoms with Gasteiger partial charge in [0.15, 0.2) is 0 Å². The number of amides is 1. The predicted molar refractivity (Wildman–Crippen MR) is 122 cm³/mol. The summed E-state index contributed by atoms with van der Waals surface area (Å²) in [6.07, 6.45) is 4.09. The molecule has 0 spiro atoms. The van der Waals surface area contributed by atoms with Crippen molar-refractivity contribution in [3.05, 3.63) is 84.6 Å². The Bertz CT molecular complexity index is 1150. The van der Waals surface area contributed by atoms with Crippen molar-refractivity contribution in [2.24, 2.45) is 0 Å². The van der Waals surface area contributed by atoms with E-state index in [0.29, 0.717) is 12.8 Å². The van der Waals surface area contributed by atoms with Gasteiger partial charge in [0.2, 0.25) is 5.91 Å².